The Morgan fingerprint density at radius 3 is 2.38 bits per heavy atom. The van der Waals surface area contributed by atoms with E-state index in [1.807, 2.05) is 0 Å². The molecule has 0 unspecified atom stereocenters. The summed E-state index contributed by atoms with van der Waals surface area (Å²) in [6.07, 6.45) is 0.142. The molecule has 0 saturated heterocycles. The van der Waals surface area contributed by atoms with Crippen LogP contribution in [0.1, 0.15) is 26.7 Å². The highest BCUT2D eigenvalue weighted by atomic mass is 16.4. The minimum atomic E-state index is -0.924. The monoisotopic (exact) mass is 188 g/mol. The van der Waals surface area contributed by atoms with E-state index in [4.69, 9.17) is 10.8 Å². The summed E-state index contributed by atoms with van der Waals surface area (Å²) in [5, 5.41) is 10.8. The van der Waals surface area contributed by atoms with Gasteiger partial charge in [0.2, 0.25) is 5.91 Å². The lowest BCUT2D eigenvalue weighted by Crippen LogP contribution is -2.39. The third kappa shape index (κ3) is 8.81. The second-order valence-corrected chi connectivity index (χ2v) is 3.66. The first kappa shape index (κ1) is 11.9. The molecule has 13 heavy (non-hydrogen) atoms. The molecule has 5 heteroatoms. The first-order chi connectivity index (χ1) is 5.81. The van der Waals surface area contributed by atoms with Crippen LogP contribution in [0.4, 0.5) is 0 Å². The van der Waals surface area contributed by atoms with Crippen molar-refractivity contribution in [2.24, 2.45) is 5.73 Å². The molecule has 0 aliphatic carbocycles. The number of carboxylic acid groups (broad SMARTS) is 1. The van der Waals surface area contributed by atoms with E-state index in [-0.39, 0.29) is 25.3 Å². The van der Waals surface area contributed by atoms with E-state index >= 15 is 0 Å². The first-order valence-corrected chi connectivity index (χ1v) is 4.08. The van der Waals surface area contributed by atoms with Crippen molar-refractivity contribution in [2.45, 2.75) is 32.2 Å². The van der Waals surface area contributed by atoms with Crippen LogP contribution in [0.5, 0.6) is 0 Å². The fourth-order valence-electron chi connectivity index (χ4n) is 0.785. The van der Waals surface area contributed by atoms with Crippen molar-refractivity contribution in [2.75, 3.05) is 6.54 Å². The average Bonchev–Trinajstić information content (AvgIpc) is 1.81. The van der Waals surface area contributed by atoms with Crippen LogP contribution in [0.15, 0.2) is 0 Å². The fraction of sp³-hybridized carbons (Fsp3) is 0.750. The van der Waals surface area contributed by atoms with E-state index in [0.717, 1.165) is 0 Å². The summed E-state index contributed by atoms with van der Waals surface area (Å²) in [5.41, 5.74) is 5.04. The standard InChI is InChI=1S/C8H16N2O3/c1-8(2,9)5-6(11)10-4-3-7(12)13/h3-5,9H2,1-2H3,(H,10,11)(H,12,13). The maximum Gasteiger partial charge on any atom is 0.305 e. The van der Waals surface area contributed by atoms with E-state index in [0.29, 0.717) is 0 Å². The number of amides is 1. The molecule has 0 rings (SSSR count). The summed E-state index contributed by atoms with van der Waals surface area (Å²) < 4.78 is 0. The summed E-state index contributed by atoms with van der Waals surface area (Å²) in [7, 11) is 0. The second-order valence-electron chi connectivity index (χ2n) is 3.66. The number of nitrogens with two attached hydrogens (primary N) is 1. The topological polar surface area (TPSA) is 92.4 Å². The SMILES string of the molecule is CC(C)(N)CC(=O)NCCC(=O)O. The Morgan fingerprint density at radius 1 is 1.46 bits per heavy atom. The Labute approximate surface area is 77.3 Å². The molecule has 0 aromatic heterocycles. The Balaban J connectivity index is 3.59. The summed E-state index contributed by atoms with van der Waals surface area (Å²) in [4.78, 5) is 21.1. The van der Waals surface area contributed by atoms with E-state index < -0.39 is 11.5 Å². The van der Waals surface area contributed by atoms with Crippen molar-refractivity contribution in [1.82, 2.24) is 5.32 Å². The second kappa shape index (κ2) is 4.81. The minimum Gasteiger partial charge on any atom is -0.481 e. The van der Waals surface area contributed by atoms with E-state index in [1.165, 1.54) is 0 Å². The molecule has 0 spiro atoms. The highest BCUT2D eigenvalue weighted by Gasteiger charge is 2.15. The van der Waals surface area contributed by atoms with Gasteiger partial charge in [-0.05, 0) is 13.8 Å². The minimum absolute atomic E-state index is 0.0588. The van der Waals surface area contributed by atoms with Crippen molar-refractivity contribution in [3.05, 3.63) is 0 Å². The van der Waals surface area contributed by atoms with Crippen molar-refractivity contribution in [1.29, 1.82) is 0 Å². The van der Waals surface area contributed by atoms with Gasteiger partial charge in [-0.15, -0.1) is 0 Å². The number of nitrogens with one attached hydrogen (secondary N) is 1. The molecular formula is C8H16N2O3. The van der Waals surface area contributed by atoms with Crippen molar-refractivity contribution >= 4 is 11.9 Å². The summed E-state index contributed by atoms with van der Waals surface area (Å²) in [6, 6.07) is 0. The first-order valence-electron chi connectivity index (χ1n) is 4.08. The van der Waals surface area contributed by atoms with Gasteiger partial charge >= 0.3 is 5.97 Å². The smallest absolute Gasteiger partial charge is 0.305 e. The zero-order valence-corrected chi connectivity index (χ0v) is 7.96. The van der Waals surface area contributed by atoms with Gasteiger partial charge in [0, 0.05) is 18.5 Å². The maximum atomic E-state index is 11.1. The van der Waals surface area contributed by atoms with E-state index in [9.17, 15) is 9.59 Å². The Kier molecular flexibility index (Phi) is 4.40. The molecule has 0 aliphatic heterocycles. The quantitative estimate of drug-likeness (QED) is 0.552. The fourth-order valence-corrected chi connectivity index (χ4v) is 0.785. The van der Waals surface area contributed by atoms with Crippen LogP contribution >= 0.6 is 0 Å². The van der Waals surface area contributed by atoms with Gasteiger partial charge < -0.3 is 16.2 Å². The van der Waals surface area contributed by atoms with Gasteiger partial charge in [0.1, 0.15) is 0 Å². The molecule has 0 aromatic rings. The molecule has 0 radical (unpaired) electrons. The van der Waals surface area contributed by atoms with Crippen molar-refractivity contribution in [3.8, 4) is 0 Å². The van der Waals surface area contributed by atoms with Crippen LogP contribution in [0.3, 0.4) is 0 Å². The molecule has 1 amide bonds. The predicted molar refractivity (Wildman–Crippen MR) is 48.1 cm³/mol. The number of carbonyl (C=O) groups is 2. The zero-order valence-electron chi connectivity index (χ0n) is 7.96. The van der Waals surface area contributed by atoms with Crippen LogP contribution in [0.2, 0.25) is 0 Å². The molecule has 0 atom stereocenters. The van der Waals surface area contributed by atoms with Crippen LogP contribution in [0.25, 0.3) is 0 Å². The van der Waals surface area contributed by atoms with Crippen LogP contribution < -0.4 is 11.1 Å². The Bertz CT molecular complexity index is 196. The number of hydrogen-bond donors (Lipinski definition) is 3. The van der Waals surface area contributed by atoms with Gasteiger partial charge in [0.05, 0.1) is 6.42 Å². The van der Waals surface area contributed by atoms with Gasteiger partial charge in [-0.3, -0.25) is 9.59 Å². The number of aliphatic carboxylic acids is 1. The average molecular weight is 188 g/mol. The number of carboxylic acids is 1. The largest absolute Gasteiger partial charge is 0.481 e. The normalized spacial score (nSPS) is 11.0. The molecule has 0 bridgehead atoms. The number of hydrogen-bond acceptors (Lipinski definition) is 3. The molecule has 0 aliphatic rings. The van der Waals surface area contributed by atoms with Gasteiger partial charge in [0.15, 0.2) is 0 Å². The molecule has 0 saturated carbocycles. The van der Waals surface area contributed by atoms with E-state index in [1.54, 1.807) is 13.8 Å². The molecule has 4 N–H and O–H groups in total. The highest BCUT2D eigenvalue weighted by Crippen LogP contribution is 2.02. The molecule has 76 valence electrons. The van der Waals surface area contributed by atoms with Crippen LogP contribution in [0, 0.1) is 0 Å². The molecule has 5 nitrogen and oxygen atoms in total. The van der Waals surface area contributed by atoms with Gasteiger partial charge in [-0.2, -0.15) is 0 Å². The van der Waals surface area contributed by atoms with Crippen molar-refractivity contribution < 1.29 is 14.7 Å². The lowest BCUT2D eigenvalue weighted by atomic mass is 10.0. The van der Waals surface area contributed by atoms with Gasteiger partial charge in [-0.25, -0.2) is 0 Å². The third-order valence-corrected chi connectivity index (χ3v) is 1.28. The van der Waals surface area contributed by atoms with Gasteiger partial charge in [0.25, 0.3) is 0 Å². The van der Waals surface area contributed by atoms with Crippen molar-refractivity contribution in [3.63, 3.8) is 0 Å². The zero-order chi connectivity index (χ0) is 10.5. The molecule has 0 heterocycles. The number of carbonyl (C=O) groups excluding carboxylic acids is 1. The lowest BCUT2D eigenvalue weighted by molar-refractivity contribution is -0.136. The Morgan fingerprint density at radius 2 is 2.00 bits per heavy atom. The summed E-state index contributed by atoms with van der Waals surface area (Å²) >= 11 is 0. The maximum absolute atomic E-state index is 11.1. The summed E-state index contributed by atoms with van der Waals surface area (Å²) in [5.74, 6) is -1.14. The molecule has 0 fully saturated rings. The Hall–Kier alpha value is -1.10. The lowest BCUT2D eigenvalue weighted by Gasteiger charge is -2.17. The van der Waals surface area contributed by atoms with Crippen LogP contribution in [-0.4, -0.2) is 29.1 Å². The third-order valence-electron chi connectivity index (χ3n) is 1.28. The molecule has 0 aromatic carbocycles. The molecular weight excluding hydrogens is 172 g/mol. The number of rotatable bonds is 5. The van der Waals surface area contributed by atoms with Gasteiger partial charge in [-0.1, -0.05) is 0 Å². The summed E-state index contributed by atoms with van der Waals surface area (Å²) in [6.45, 7) is 3.64. The van der Waals surface area contributed by atoms with E-state index in [2.05, 4.69) is 5.32 Å². The van der Waals surface area contributed by atoms with Crippen LogP contribution in [-0.2, 0) is 9.59 Å². The highest BCUT2D eigenvalue weighted by molar-refractivity contribution is 5.77. The predicted octanol–water partition coefficient (Wildman–Crippen LogP) is -0.295.